The molecule has 0 radical (unpaired) electrons. The molecule has 1 aromatic carbocycles. The Morgan fingerprint density at radius 1 is 1.22 bits per heavy atom. The summed E-state index contributed by atoms with van der Waals surface area (Å²) >= 11 is 0. The Hall–Kier alpha value is -1.39. The molecule has 0 bridgehead atoms. The molecule has 0 aliphatic carbocycles. The lowest BCUT2D eigenvalue weighted by Gasteiger charge is -2.11. The Morgan fingerprint density at radius 3 is 2.61 bits per heavy atom. The molecule has 0 aliphatic rings. The summed E-state index contributed by atoms with van der Waals surface area (Å²) in [6, 6.07) is 9.66. The molecule has 0 fully saturated rings. The highest BCUT2D eigenvalue weighted by atomic mass is 16.2. The van der Waals surface area contributed by atoms with Gasteiger partial charge in [-0.05, 0) is 31.4 Å². The second-order valence-corrected chi connectivity index (χ2v) is 4.42. The van der Waals surface area contributed by atoms with Gasteiger partial charge in [0.2, 0.25) is 5.91 Å². The van der Waals surface area contributed by atoms with Crippen molar-refractivity contribution in [3.8, 4) is 0 Å². The number of benzene rings is 1. The molecule has 4 heteroatoms. The second kappa shape index (κ2) is 8.66. The SMILES string of the molecule is NCCCC[C@H](N)C(=O)NCCc1ccccc1. The van der Waals surface area contributed by atoms with Crippen LogP contribution in [-0.4, -0.2) is 25.0 Å². The molecule has 0 saturated carbocycles. The molecule has 0 saturated heterocycles. The molecule has 1 atom stereocenters. The standard InChI is InChI=1S/C14H23N3O/c15-10-5-4-8-13(16)14(18)17-11-9-12-6-2-1-3-7-12/h1-3,6-7,13H,4-5,8-11,15-16H2,(H,17,18)/t13-/m0/s1. The number of carbonyl (C=O) groups excluding carboxylic acids is 1. The lowest BCUT2D eigenvalue weighted by molar-refractivity contribution is -0.122. The van der Waals surface area contributed by atoms with Crippen molar-refractivity contribution in [2.45, 2.75) is 31.7 Å². The molecule has 5 N–H and O–H groups in total. The Balaban J connectivity index is 2.16. The number of unbranched alkanes of at least 4 members (excludes halogenated alkanes) is 1. The van der Waals surface area contributed by atoms with Gasteiger partial charge in [0.15, 0.2) is 0 Å². The number of hydrogen-bond donors (Lipinski definition) is 3. The normalized spacial score (nSPS) is 12.1. The van der Waals surface area contributed by atoms with Crippen molar-refractivity contribution in [2.24, 2.45) is 11.5 Å². The van der Waals surface area contributed by atoms with Gasteiger partial charge in [-0.3, -0.25) is 4.79 Å². The molecule has 1 rings (SSSR count). The van der Waals surface area contributed by atoms with Crippen LogP contribution in [0.2, 0.25) is 0 Å². The van der Waals surface area contributed by atoms with E-state index in [0.717, 1.165) is 19.3 Å². The van der Waals surface area contributed by atoms with Gasteiger partial charge in [-0.15, -0.1) is 0 Å². The van der Waals surface area contributed by atoms with Gasteiger partial charge in [0.1, 0.15) is 0 Å². The number of amides is 1. The molecule has 0 aliphatic heterocycles. The van der Waals surface area contributed by atoms with Crippen LogP contribution < -0.4 is 16.8 Å². The highest BCUT2D eigenvalue weighted by Crippen LogP contribution is 2.00. The Bertz CT molecular complexity index is 340. The monoisotopic (exact) mass is 249 g/mol. The molecular formula is C14H23N3O. The van der Waals surface area contributed by atoms with Crippen LogP contribution in [0.5, 0.6) is 0 Å². The first-order valence-electron chi connectivity index (χ1n) is 6.51. The minimum absolute atomic E-state index is 0.0667. The number of nitrogens with two attached hydrogens (primary N) is 2. The van der Waals surface area contributed by atoms with E-state index >= 15 is 0 Å². The maximum absolute atomic E-state index is 11.7. The summed E-state index contributed by atoms with van der Waals surface area (Å²) in [5.74, 6) is -0.0667. The van der Waals surface area contributed by atoms with E-state index in [-0.39, 0.29) is 5.91 Å². The van der Waals surface area contributed by atoms with Gasteiger partial charge >= 0.3 is 0 Å². The minimum Gasteiger partial charge on any atom is -0.354 e. The zero-order valence-corrected chi connectivity index (χ0v) is 10.8. The predicted octanol–water partition coefficient (Wildman–Crippen LogP) is 0.802. The van der Waals surface area contributed by atoms with Crippen LogP contribution >= 0.6 is 0 Å². The smallest absolute Gasteiger partial charge is 0.236 e. The van der Waals surface area contributed by atoms with Gasteiger partial charge in [0, 0.05) is 6.54 Å². The van der Waals surface area contributed by atoms with Crippen molar-refractivity contribution >= 4 is 5.91 Å². The van der Waals surface area contributed by atoms with E-state index in [1.807, 2.05) is 30.3 Å². The van der Waals surface area contributed by atoms with Gasteiger partial charge in [-0.1, -0.05) is 36.8 Å². The summed E-state index contributed by atoms with van der Waals surface area (Å²) < 4.78 is 0. The second-order valence-electron chi connectivity index (χ2n) is 4.42. The van der Waals surface area contributed by atoms with Gasteiger partial charge in [0.25, 0.3) is 0 Å². The van der Waals surface area contributed by atoms with Crippen molar-refractivity contribution in [2.75, 3.05) is 13.1 Å². The number of nitrogens with one attached hydrogen (secondary N) is 1. The summed E-state index contributed by atoms with van der Waals surface area (Å²) in [6.07, 6.45) is 3.37. The Kier molecular flexibility index (Phi) is 7.06. The molecule has 100 valence electrons. The van der Waals surface area contributed by atoms with Crippen LogP contribution in [0.3, 0.4) is 0 Å². The average molecular weight is 249 g/mol. The van der Waals surface area contributed by atoms with Crippen molar-refractivity contribution in [1.29, 1.82) is 0 Å². The number of hydrogen-bond acceptors (Lipinski definition) is 3. The molecule has 0 heterocycles. The molecule has 0 aromatic heterocycles. The first-order valence-corrected chi connectivity index (χ1v) is 6.51. The Morgan fingerprint density at radius 2 is 1.94 bits per heavy atom. The van der Waals surface area contributed by atoms with Gasteiger partial charge in [-0.25, -0.2) is 0 Å². The third-order valence-corrected chi connectivity index (χ3v) is 2.86. The highest BCUT2D eigenvalue weighted by Gasteiger charge is 2.11. The molecule has 0 spiro atoms. The van der Waals surface area contributed by atoms with E-state index in [1.165, 1.54) is 5.56 Å². The van der Waals surface area contributed by atoms with E-state index in [2.05, 4.69) is 5.32 Å². The fraction of sp³-hybridized carbons (Fsp3) is 0.500. The predicted molar refractivity (Wildman–Crippen MR) is 74.0 cm³/mol. The summed E-state index contributed by atoms with van der Waals surface area (Å²) in [7, 11) is 0. The van der Waals surface area contributed by atoms with E-state index in [4.69, 9.17) is 11.5 Å². The molecule has 1 amide bonds. The van der Waals surface area contributed by atoms with Crippen LogP contribution in [0.1, 0.15) is 24.8 Å². The first kappa shape index (κ1) is 14.7. The molecular weight excluding hydrogens is 226 g/mol. The maximum Gasteiger partial charge on any atom is 0.236 e. The topological polar surface area (TPSA) is 81.1 Å². The molecule has 1 aromatic rings. The minimum atomic E-state index is -0.410. The van der Waals surface area contributed by atoms with Crippen LogP contribution in [0.15, 0.2) is 30.3 Å². The molecule has 0 unspecified atom stereocenters. The van der Waals surface area contributed by atoms with E-state index in [1.54, 1.807) is 0 Å². The molecule has 18 heavy (non-hydrogen) atoms. The van der Waals surface area contributed by atoms with Crippen LogP contribution in [0, 0.1) is 0 Å². The third kappa shape index (κ3) is 5.80. The van der Waals surface area contributed by atoms with Gasteiger partial charge in [-0.2, -0.15) is 0 Å². The van der Waals surface area contributed by atoms with Gasteiger partial charge in [0.05, 0.1) is 6.04 Å². The van der Waals surface area contributed by atoms with Crippen molar-refractivity contribution in [3.05, 3.63) is 35.9 Å². The van der Waals surface area contributed by atoms with Crippen molar-refractivity contribution in [3.63, 3.8) is 0 Å². The third-order valence-electron chi connectivity index (χ3n) is 2.86. The average Bonchev–Trinajstić information content (AvgIpc) is 2.40. The van der Waals surface area contributed by atoms with Crippen LogP contribution in [0.25, 0.3) is 0 Å². The zero-order chi connectivity index (χ0) is 13.2. The number of carbonyl (C=O) groups is 1. The van der Waals surface area contributed by atoms with Crippen LogP contribution in [-0.2, 0) is 11.2 Å². The van der Waals surface area contributed by atoms with E-state index in [0.29, 0.717) is 19.5 Å². The lowest BCUT2D eigenvalue weighted by atomic mass is 10.1. The largest absolute Gasteiger partial charge is 0.354 e. The van der Waals surface area contributed by atoms with E-state index < -0.39 is 6.04 Å². The Labute approximate surface area is 109 Å². The molecule has 4 nitrogen and oxygen atoms in total. The fourth-order valence-electron chi connectivity index (χ4n) is 1.75. The van der Waals surface area contributed by atoms with Gasteiger partial charge < -0.3 is 16.8 Å². The summed E-state index contributed by atoms with van der Waals surface area (Å²) in [4.78, 5) is 11.7. The summed E-state index contributed by atoms with van der Waals surface area (Å²) in [5.41, 5.74) is 12.4. The zero-order valence-electron chi connectivity index (χ0n) is 10.8. The summed E-state index contributed by atoms with van der Waals surface area (Å²) in [5, 5.41) is 2.86. The number of rotatable bonds is 8. The highest BCUT2D eigenvalue weighted by molar-refractivity contribution is 5.81. The lowest BCUT2D eigenvalue weighted by Crippen LogP contribution is -2.41. The van der Waals surface area contributed by atoms with E-state index in [9.17, 15) is 4.79 Å². The van der Waals surface area contributed by atoms with Crippen molar-refractivity contribution < 1.29 is 4.79 Å². The fourth-order valence-corrected chi connectivity index (χ4v) is 1.75. The summed E-state index contributed by atoms with van der Waals surface area (Å²) in [6.45, 7) is 1.29. The quantitative estimate of drug-likeness (QED) is 0.596. The van der Waals surface area contributed by atoms with Crippen molar-refractivity contribution in [1.82, 2.24) is 5.32 Å². The first-order chi connectivity index (χ1) is 8.74. The maximum atomic E-state index is 11.7. The van der Waals surface area contributed by atoms with Crippen LogP contribution in [0.4, 0.5) is 0 Å².